The molecule has 1 amide bonds. The molecule has 24 heavy (non-hydrogen) atoms. The average Bonchev–Trinajstić information content (AvgIpc) is 2.88. The highest BCUT2D eigenvalue weighted by molar-refractivity contribution is 5.95. The first-order valence-corrected chi connectivity index (χ1v) is 8.04. The largest absolute Gasteiger partial charge is 0.488 e. The van der Waals surface area contributed by atoms with Crippen LogP contribution in [0.4, 0.5) is 0 Å². The maximum absolute atomic E-state index is 12.7. The molecule has 1 aliphatic rings. The Morgan fingerprint density at radius 2 is 1.88 bits per heavy atom. The van der Waals surface area contributed by atoms with Gasteiger partial charge in [-0.15, -0.1) is 0 Å². The molecule has 2 rings (SSSR count). The lowest BCUT2D eigenvalue weighted by Gasteiger charge is -2.24. The summed E-state index contributed by atoms with van der Waals surface area (Å²) in [6, 6.07) is 6.59. The van der Waals surface area contributed by atoms with E-state index in [1.807, 2.05) is 20.8 Å². The van der Waals surface area contributed by atoms with Gasteiger partial charge < -0.3 is 19.5 Å². The van der Waals surface area contributed by atoms with E-state index in [0.717, 1.165) is 0 Å². The summed E-state index contributed by atoms with van der Waals surface area (Å²) in [6.07, 6.45) is 0.345. The summed E-state index contributed by atoms with van der Waals surface area (Å²) in [4.78, 5) is 25.4. The van der Waals surface area contributed by atoms with Gasteiger partial charge in [-0.25, -0.2) is 0 Å². The Morgan fingerprint density at radius 1 is 1.25 bits per heavy atom. The fourth-order valence-corrected chi connectivity index (χ4v) is 2.87. The van der Waals surface area contributed by atoms with E-state index in [1.54, 1.807) is 36.3 Å². The molecule has 0 bridgehead atoms. The Bertz CT molecular complexity index is 590. The summed E-state index contributed by atoms with van der Waals surface area (Å²) in [5.74, 6) is -0.399. The Labute approximate surface area is 142 Å². The molecular weight excluding hydrogens is 310 g/mol. The quantitative estimate of drug-likeness (QED) is 0.895. The summed E-state index contributed by atoms with van der Waals surface area (Å²) < 4.78 is 11.1. The zero-order valence-corrected chi connectivity index (χ0v) is 14.6. The summed E-state index contributed by atoms with van der Waals surface area (Å²) in [5, 5.41) is 9.05. The first kappa shape index (κ1) is 18.3. The van der Waals surface area contributed by atoms with Crippen LogP contribution in [0.2, 0.25) is 0 Å². The molecule has 0 aliphatic carbocycles. The van der Waals surface area contributed by atoms with Crippen LogP contribution in [-0.4, -0.2) is 53.3 Å². The highest BCUT2D eigenvalue weighted by Crippen LogP contribution is 2.26. The number of carboxylic acid groups (broad SMARTS) is 1. The van der Waals surface area contributed by atoms with Crippen molar-refractivity contribution in [3.05, 3.63) is 29.8 Å². The number of carbonyl (C=O) groups is 2. The molecule has 132 valence electrons. The fourth-order valence-electron chi connectivity index (χ4n) is 2.87. The minimum absolute atomic E-state index is 0.0726. The van der Waals surface area contributed by atoms with E-state index in [9.17, 15) is 9.59 Å². The number of hydrogen-bond donors (Lipinski definition) is 1. The topological polar surface area (TPSA) is 76.1 Å². The molecule has 2 unspecified atom stereocenters. The fraction of sp³-hybridized carbons (Fsp3) is 0.556. The second kappa shape index (κ2) is 7.21. The van der Waals surface area contributed by atoms with Gasteiger partial charge in [0.1, 0.15) is 11.4 Å². The molecule has 1 N–H and O–H groups in total. The molecule has 1 aromatic carbocycles. The lowest BCUT2D eigenvalue weighted by atomic mass is 10.1. The highest BCUT2D eigenvalue weighted by Gasteiger charge is 2.36. The summed E-state index contributed by atoms with van der Waals surface area (Å²) in [7, 11) is 1.58. The van der Waals surface area contributed by atoms with E-state index in [4.69, 9.17) is 14.6 Å². The van der Waals surface area contributed by atoms with Gasteiger partial charge in [-0.05, 0) is 51.5 Å². The van der Waals surface area contributed by atoms with Crippen molar-refractivity contribution in [2.75, 3.05) is 13.7 Å². The van der Waals surface area contributed by atoms with Crippen LogP contribution in [0.3, 0.4) is 0 Å². The summed E-state index contributed by atoms with van der Waals surface area (Å²) in [5.41, 5.74) is 0.210. The predicted molar refractivity (Wildman–Crippen MR) is 89.3 cm³/mol. The molecule has 2 atom stereocenters. The lowest BCUT2D eigenvalue weighted by Crippen LogP contribution is -2.37. The van der Waals surface area contributed by atoms with Gasteiger partial charge in [-0.3, -0.25) is 9.59 Å². The minimum atomic E-state index is -0.913. The number of nitrogens with zero attached hydrogens (tertiary/aromatic N) is 1. The molecule has 1 fully saturated rings. The molecule has 1 heterocycles. The molecule has 6 nitrogen and oxygen atoms in total. The van der Waals surface area contributed by atoms with Crippen molar-refractivity contribution in [1.29, 1.82) is 0 Å². The number of amides is 1. The Hall–Kier alpha value is -2.08. The van der Waals surface area contributed by atoms with Gasteiger partial charge in [0.25, 0.3) is 5.91 Å². The maximum Gasteiger partial charge on any atom is 0.305 e. The second-order valence-electron chi connectivity index (χ2n) is 7.04. The SMILES string of the molecule is COC1CC(CC(=O)O)N(C(=O)c2ccc(OC(C)(C)C)cc2)C1. The van der Waals surface area contributed by atoms with E-state index < -0.39 is 5.97 Å². The van der Waals surface area contributed by atoms with Gasteiger partial charge in [0.2, 0.25) is 0 Å². The molecule has 6 heteroatoms. The van der Waals surface area contributed by atoms with Crippen molar-refractivity contribution in [1.82, 2.24) is 4.90 Å². The van der Waals surface area contributed by atoms with Crippen LogP contribution >= 0.6 is 0 Å². The first-order chi connectivity index (χ1) is 11.2. The van der Waals surface area contributed by atoms with Gasteiger partial charge in [0.15, 0.2) is 0 Å². The van der Waals surface area contributed by atoms with Crippen molar-refractivity contribution in [2.24, 2.45) is 0 Å². The second-order valence-corrected chi connectivity index (χ2v) is 7.04. The van der Waals surface area contributed by atoms with Crippen LogP contribution in [0, 0.1) is 0 Å². The maximum atomic E-state index is 12.7. The standard InChI is InChI=1S/C18H25NO5/c1-18(2,3)24-14-7-5-12(6-8-14)17(22)19-11-15(23-4)9-13(19)10-16(20)21/h5-8,13,15H,9-11H2,1-4H3,(H,20,21). The zero-order valence-electron chi connectivity index (χ0n) is 14.6. The number of hydrogen-bond acceptors (Lipinski definition) is 4. The van der Waals surface area contributed by atoms with Gasteiger partial charge in [-0.2, -0.15) is 0 Å². The third-order valence-corrected chi connectivity index (χ3v) is 3.91. The van der Waals surface area contributed by atoms with Crippen LogP contribution < -0.4 is 4.74 Å². The van der Waals surface area contributed by atoms with E-state index in [2.05, 4.69) is 0 Å². The summed E-state index contributed by atoms with van der Waals surface area (Å²) in [6.45, 7) is 6.28. The van der Waals surface area contributed by atoms with Gasteiger partial charge in [0, 0.05) is 25.3 Å². The van der Waals surface area contributed by atoms with Crippen molar-refractivity contribution in [2.45, 2.75) is 51.4 Å². The number of methoxy groups -OCH3 is 1. The van der Waals surface area contributed by atoms with Crippen molar-refractivity contribution in [3.63, 3.8) is 0 Å². The zero-order chi connectivity index (χ0) is 17.9. The molecule has 1 aromatic rings. The lowest BCUT2D eigenvalue weighted by molar-refractivity contribution is -0.138. The van der Waals surface area contributed by atoms with Crippen LogP contribution in [-0.2, 0) is 9.53 Å². The van der Waals surface area contributed by atoms with Crippen LogP contribution in [0.15, 0.2) is 24.3 Å². The van der Waals surface area contributed by atoms with E-state index in [1.165, 1.54) is 0 Å². The van der Waals surface area contributed by atoms with Crippen molar-refractivity contribution < 1.29 is 24.2 Å². The van der Waals surface area contributed by atoms with Crippen molar-refractivity contribution in [3.8, 4) is 5.75 Å². The van der Waals surface area contributed by atoms with E-state index in [0.29, 0.717) is 24.3 Å². The molecule has 0 radical (unpaired) electrons. The number of ether oxygens (including phenoxy) is 2. The Kier molecular flexibility index (Phi) is 5.49. The van der Waals surface area contributed by atoms with Gasteiger partial charge in [-0.1, -0.05) is 0 Å². The smallest absolute Gasteiger partial charge is 0.305 e. The Balaban J connectivity index is 2.12. The molecule has 1 saturated heterocycles. The molecule has 0 spiro atoms. The van der Waals surface area contributed by atoms with E-state index in [-0.39, 0.29) is 30.1 Å². The van der Waals surface area contributed by atoms with Crippen LogP contribution in [0.1, 0.15) is 44.0 Å². The predicted octanol–water partition coefficient (Wildman–Crippen LogP) is 2.57. The average molecular weight is 335 g/mol. The number of benzene rings is 1. The number of likely N-dealkylation sites (tertiary alicyclic amines) is 1. The van der Waals surface area contributed by atoms with Crippen molar-refractivity contribution >= 4 is 11.9 Å². The minimum Gasteiger partial charge on any atom is -0.488 e. The summed E-state index contributed by atoms with van der Waals surface area (Å²) >= 11 is 0. The molecular formula is C18H25NO5. The number of aliphatic carboxylic acids is 1. The van der Waals surface area contributed by atoms with E-state index >= 15 is 0 Å². The molecule has 1 aliphatic heterocycles. The van der Waals surface area contributed by atoms with Crippen LogP contribution in [0.5, 0.6) is 5.75 Å². The van der Waals surface area contributed by atoms with Gasteiger partial charge >= 0.3 is 5.97 Å². The van der Waals surface area contributed by atoms with Crippen LogP contribution in [0.25, 0.3) is 0 Å². The molecule has 0 aromatic heterocycles. The number of carbonyl (C=O) groups excluding carboxylic acids is 1. The highest BCUT2D eigenvalue weighted by atomic mass is 16.5. The third kappa shape index (κ3) is 4.71. The van der Waals surface area contributed by atoms with Gasteiger partial charge in [0.05, 0.1) is 12.5 Å². The normalized spacial score (nSPS) is 20.9. The number of carboxylic acids is 1. The number of rotatable bonds is 5. The molecule has 0 saturated carbocycles. The Morgan fingerprint density at radius 3 is 2.38 bits per heavy atom. The monoisotopic (exact) mass is 335 g/mol. The third-order valence-electron chi connectivity index (χ3n) is 3.91. The first-order valence-electron chi connectivity index (χ1n) is 8.04.